The molecule has 6 heteroatoms. The molecule has 0 aliphatic heterocycles. The molecule has 1 aliphatic carbocycles. The van der Waals surface area contributed by atoms with Gasteiger partial charge in [0.1, 0.15) is 6.10 Å². The average molecular weight is 303 g/mol. The van der Waals surface area contributed by atoms with Crippen LogP contribution in [0, 0.1) is 5.92 Å². The summed E-state index contributed by atoms with van der Waals surface area (Å²) in [7, 11) is 1.44. The van der Waals surface area contributed by atoms with Crippen LogP contribution in [0.1, 0.15) is 49.3 Å². The van der Waals surface area contributed by atoms with Crippen LogP contribution in [0.25, 0.3) is 0 Å². The predicted molar refractivity (Wildman–Crippen MR) is 71.6 cm³/mol. The van der Waals surface area contributed by atoms with E-state index in [2.05, 4.69) is 4.98 Å². The number of hydrogen-bond acceptors (Lipinski definition) is 3. The van der Waals surface area contributed by atoms with Crippen LogP contribution in [-0.2, 0) is 10.9 Å². The van der Waals surface area contributed by atoms with Gasteiger partial charge < -0.3 is 9.84 Å². The second-order valence-corrected chi connectivity index (χ2v) is 5.50. The summed E-state index contributed by atoms with van der Waals surface area (Å²) < 4.78 is 44.4. The highest BCUT2D eigenvalue weighted by molar-refractivity contribution is 5.29. The van der Waals surface area contributed by atoms with E-state index in [-0.39, 0.29) is 11.5 Å². The van der Waals surface area contributed by atoms with Crippen LogP contribution in [0.3, 0.4) is 0 Å². The normalized spacial score (nSPS) is 20.2. The van der Waals surface area contributed by atoms with Crippen molar-refractivity contribution in [3.63, 3.8) is 0 Å². The van der Waals surface area contributed by atoms with Gasteiger partial charge in [0.05, 0.1) is 11.7 Å². The standard InChI is InChI=1S/C15H20F3NO2/c1-21-14(10-5-3-2-4-6-10)13(20)11-9-19-8-7-12(11)15(16,17)18/h7-10,13-14,20H,2-6H2,1H3. The van der Waals surface area contributed by atoms with Gasteiger partial charge in [-0.1, -0.05) is 19.3 Å². The molecule has 1 saturated carbocycles. The van der Waals surface area contributed by atoms with E-state index in [0.717, 1.165) is 50.6 Å². The number of aliphatic hydroxyl groups excluding tert-OH is 1. The minimum atomic E-state index is -4.51. The van der Waals surface area contributed by atoms with E-state index in [9.17, 15) is 18.3 Å². The van der Waals surface area contributed by atoms with Gasteiger partial charge in [0.25, 0.3) is 0 Å². The molecule has 1 fully saturated rings. The topological polar surface area (TPSA) is 42.4 Å². The maximum atomic E-state index is 13.0. The number of ether oxygens (including phenoxy) is 1. The highest BCUT2D eigenvalue weighted by Gasteiger charge is 2.38. The molecule has 0 bridgehead atoms. The zero-order valence-corrected chi connectivity index (χ0v) is 11.9. The minimum absolute atomic E-state index is 0.0834. The van der Waals surface area contributed by atoms with E-state index in [1.807, 2.05) is 0 Å². The van der Waals surface area contributed by atoms with Crippen LogP contribution >= 0.6 is 0 Å². The maximum Gasteiger partial charge on any atom is 0.416 e. The first-order chi connectivity index (χ1) is 9.95. The third-order valence-corrected chi connectivity index (χ3v) is 4.17. The molecule has 0 spiro atoms. The fraction of sp³-hybridized carbons (Fsp3) is 0.667. The van der Waals surface area contributed by atoms with Gasteiger partial charge in [0.15, 0.2) is 0 Å². The Bertz CT molecular complexity index is 458. The van der Waals surface area contributed by atoms with Crippen LogP contribution in [-0.4, -0.2) is 23.3 Å². The molecule has 0 saturated heterocycles. The fourth-order valence-electron chi connectivity index (χ4n) is 3.12. The number of halogens is 3. The zero-order valence-electron chi connectivity index (χ0n) is 11.9. The molecule has 1 aromatic rings. The SMILES string of the molecule is COC(C1CCCCC1)C(O)c1cnccc1C(F)(F)F. The monoisotopic (exact) mass is 303 g/mol. The number of hydrogen-bond donors (Lipinski definition) is 1. The Morgan fingerprint density at radius 1 is 1.29 bits per heavy atom. The van der Waals surface area contributed by atoms with Crippen LogP contribution in [0.15, 0.2) is 18.5 Å². The first-order valence-corrected chi connectivity index (χ1v) is 7.17. The van der Waals surface area contributed by atoms with Crippen molar-refractivity contribution in [3.05, 3.63) is 29.6 Å². The summed E-state index contributed by atoms with van der Waals surface area (Å²) in [4.78, 5) is 3.73. The molecule has 1 aromatic heterocycles. The first-order valence-electron chi connectivity index (χ1n) is 7.17. The Hall–Kier alpha value is -1.14. The third kappa shape index (κ3) is 3.74. The molecule has 2 rings (SSSR count). The molecule has 0 aromatic carbocycles. The molecule has 3 nitrogen and oxygen atoms in total. The lowest BCUT2D eigenvalue weighted by Crippen LogP contribution is -2.32. The second-order valence-electron chi connectivity index (χ2n) is 5.50. The second kappa shape index (κ2) is 6.75. The lowest BCUT2D eigenvalue weighted by atomic mass is 9.81. The number of nitrogens with zero attached hydrogens (tertiary/aromatic N) is 1. The summed E-state index contributed by atoms with van der Waals surface area (Å²) in [6, 6.07) is 0.895. The summed E-state index contributed by atoms with van der Waals surface area (Å²) in [5.74, 6) is 0.0834. The van der Waals surface area contributed by atoms with Crippen molar-refractivity contribution in [1.82, 2.24) is 4.98 Å². The molecule has 0 radical (unpaired) electrons. The Morgan fingerprint density at radius 2 is 1.95 bits per heavy atom. The molecule has 2 atom stereocenters. The molecule has 118 valence electrons. The average Bonchev–Trinajstić information content (AvgIpc) is 2.48. The number of methoxy groups -OCH3 is 1. The van der Waals surface area contributed by atoms with Gasteiger partial charge in [0, 0.05) is 25.1 Å². The Kier molecular flexibility index (Phi) is 5.22. The summed E-state index contributed by atoms with van der Waals surface area (Å²) in [5.41, 5.74) is -1.05. The van der Waals surface area contributed by atoms with E-state index in [1.54, 1.807) is 0 Å². The quantitative estimate of drug-likeness (QED) is 0.921. The van der Waals surface area contributed by atoms with Gasteiger partial charge in [0.2, 0.25) is 0 Å². The first kappa shape index (κ1) is 16.2. The van der Waals surface area contributed by atoms with Gasteiger partial charge in [-0.05, 0) is 24.8 Å². The third-order valence-electron chi connectivity index (χ3n) is 4.17. The number of rotatable bonds is 4. The summed E-state index contributed by atoms with van der Waals surface area (Å²) >= 11 is 0. The number of pyridine rings is 1. The van der Waals surface area contributed by atoms with Crippen molar-refractivity contribution in [2.45, 2.75) is 50.5 Å². The highest BCUT2D eigenvalue weighted by Crippen LogP contribution is 2.39. The molecule has 21 heavy (non-hydrogen) atoms. The van der Waals surface area contributed by atoms with Crippen molar-refractivity contribution < 1.29 is 23.0 Å². The Labute approximate surface area is 122 Å². The van der Waals surface area contributed by atoms with E-state index in [1.165, 1.54) is 7.11 Å². The maximum absolute atomic E-state index is 13.0. The molecule has 1 aliphatic rings. The summed E-state index contributed by atoms with van der Waals surface area (Å²) in [5, 5.41) is 10.4. The highest BCUT2D eigenvalue weighted by atomic mass is 19.4. The molecule has 1 heterocycles. The van der Waals surface area contributed by atoms with Gasteiger partial charge in [-0.15, -0.1) is 0 Å². The summed E-state index contributed by atoms with van der Waals surface area (Å²) in [6.45, 7) is 0. The van der Waals surface area contributed by atoms with Crippen LogP contribution < -0.4 is 0 Å². The van der Waals surface area contributed by atoms with Crippen LogP contribution in [0.2, 0.25) is 0 Å². The lowest BCUT2D eigenvalue weighted by molar-refractivity contribution is -0.141. The van der Waals surface area contributed by atoms with Gasteiger partial charge in [-0.2, -0.15) is 13.2 Å². The number of alkyl halides is 3. The molecule has 0 amide bonds. The van der Waals surface area contributed by atoms with Crippen molar-refractivity contribution >= 4 is 0 Å². The zero-order chi connectivity index (χ0) is 15.5. The smallest absolute Gasteiger partial charge is 0.386 e. The van der Waals surface area contributed by atoms with Crippen molar-refractivity contribution in [2.24, 2.45) is 5.92 Å². The van der Waals surface area contributed by atoms with Crippen molar-refractivity contribution in [3.8, 4) is 0 Å². The predicted octanol–water partition coefficient (Wildman–Crippen LogP) is 3.73. The molecular formula is C15H20F3NO2. The number of aromatic nitrogens is 1. The van der Waals surface area contributed by atoms with E-state index in [4.69, 9.17) is 4.74 Å². The largest absolute Gasteiger partial charge is 0.416 e. The van der Waals surface area contributed by atoms with Crippen LogP contribution in [0.4, 0.5) is 13.2 Å². The Morgan fingerprint density at radius 3 is 2.52 bits per heavy atom. The fourth-order valence-corrected chi connectivity index (χ4v) is 3.12. The van der Waals surface area contributed by atoms with E-state index in [0.29, 0.717) is 0 Å². The summed E-state index contributed by atoms with van der Waals surface area (Å²) in [6.07, 6.45) is 0.637. The van der Waals surface area contributed by atoms with Gasteiger partial charge in [-0.3, -0.25) is 4.98 Å². The molecule has 2 unspecified atom stereocenters. The lowest BCUT2D eigenvalue weighted by Gasteiger charge is -2.33. The Balaban J connectivity index is 2.27. The van der Waals surface area contributed by atoms with Gasteiger partial charge >= 0.3 is 6.18 Å². The minimum Gasteiger partial charge on any atom is -0.386 e. The van der Waals surface area contributed by atoms with Crippen LogP contribution in [0.5, 0.6) is 0 Å². The van der Waals surface area contributed by atoms with E-state index >= 15 is 0 Å². The van der Waals surface area contributed by atoms with E-state index < -0.39 is 23.9 Å². The number of aliphatic hydroxyl groups is 1. The van der Waals surface area contributed by atoms with Crippen molar-refractivity contribution in [2.75, 3.05) is 7.11 Å². The molecular weight excluding hydrogens is 283 g/mol. The molecule has 1 N–H and O–H groups in total. The van der Waals surface area contributed by atoms with Crippen molar-refractivity contribution in [1.29, 1.82) is 0 Å². The van der Waals surface area contributed by atoms with Gasteiger partial charge in [-0.25, -0.2) is 0 Å².